The van der Waals surface area contributed by atoms with Crippen molar-refractivity contribution in [3.05, 3.63) is 24.3 Å². The molecule has 0 aliphatic carbocycles. The highest BCUT2D eigenvalue weighted by Gasteiger charge is 2.28. The Morgan fingerprint density at radius 1 is 0.333 bits per heavy atom. The van der Waals surface area contributed by atoms with Crippen LogP contribution in [0.1, 0.15) is 382 Å². The van der Waals surface area contributed by atoms with E-state index in [-0.39, 0.29) is 76.5 Å². The summed E-state index contributed by atoms with van der Waals surface area (Å²) in [5, 5.41) is 32.0. The Morgan fingerprint density at radius 3 is 0.946 bits per heavy atom. The van der Waals surface area contributed by atoms with Gasteiger partial charge in [-0.15, -0.1) is 0 Å². The van der Waals surface area contributed by atoms with Crippen LogP contribution in [-0.4, -0.2) is 158 Å². The molecule has 0 bridgehead atoms. The fourth-order valence-electron chi connectivity index (χ4n) is 12.7. The molecule has 0 aliphatic rings. The Balaban J connectivity index is 5.66. The zero-order valence-electron chi connectivity index (χ0n) is 70.5. The third-order valence-electron chi connectivity index (χ3n) is 19.4. The lowest BCUT2D eigenvalue weighted by atomic mass is 10.0. The molecule has 24 nitrogen and oxygen atoms in total. The van der Waals surface area contributed by atoms with Crippen molar-refractivity contribution in [2.75, 3.05) is 65.9 Å². The zero-order valence-corrected chi connectivity index (χ0v) is 72.3. The monoisotopic (exact) mass is 1620 g/mol. The molecule has 0 aliphatic heterocycles. The molecule has 4 unspecified atom stereocenters. The van der Waals surface area contributed by atoms with Crippen LogP contribution in [0.4, 0.5) is 0 Å². The van der Waals surface area contributed by atoms with Crippen LogP contribution >= 0.6 is 15.6 Å². The summed E-state index contributed by atoms with van der Waals surface area (Å²) in [5.41, 5.74) is 0. The maximum Gasteiger partial charge on any atom is 0.472 e. The number of allylic oxidation sites excluding steroid dienone is 4. The van der Waals surface area contributed by atoms with Crippen LogP contribution in [-0.2, 0) is 74.9 Å². The maximum atomic E-state index is 13.3. The average Bonchev–Trinajstić information content (AvgIpc) is 0.911. The van der Waals surface area contributed by atoms with E-state index in [4.69, 9.17) is 37.0 Å². The second-order valence-electron chi connectivity index (χ2n) is 30.3. The molecule has 4 amide bonds. The van der Waals surface area contributed by atoms with Gasteiger partial charge >= 0.3 is 27.6 Å². The highest BCUT2D eigenvalue weighted by atomic mass is 31.2. The predicted octanol–water partition coefficient (Wildman–Crippen LogP) is 18.9. The minimum absolute atomic E-state index is 0.148. The van der Waals surface area contributed by atoms with Gasteiger partial charge in [0.25, 0.3) is 0 Å². The van der Waals surface area contributed by atoms with E-state index in [1.54, 1.807) is 0 Å². The van der Waals surface area contributed by atoms with Crippen LogP contribution in [0.3, 0.4) is 0 Å². The van der Waals surface area contributed by atoms with E-state index in [9.17, 15) is 57.9 Å². The van der Waals surface area contributed by atoms with E-state index in [2.05, 4.69) is 87.1 Å². The zero-order chi connectivity index (χ0) is 81.8. The largest absolute Gasteiger partial charge is 0.472 e. The van der Waals surface area contributed by atoms with Crippen LogP contribution in [0.5, 0.6) is 0 Å². The molecular formula is C85H162N4O20P2. The number of unbranched alkanes of at least 4 members (excludes halogenated alkanes) is 34. The molecule has 26 heteroatoms. The molecule has 0 saturated heterocycles. The van der Waals surface area contributed by atoms with E-state index in [0.29, 0.717) is 64.2 Å². The maximum absolute atomic E-state index is 13.3. The third-order valence-corrected chi connectivity index (χ3v) is 21.3. The number of aliphatic hydroxyl groups is 2. The summed E-state index contributed by atoms with van der Waals surface area (Å²) >= 11 is 0. The van der Waals surface area contributed by atoms with E-state index in [1.165, 1.54) is 103 Å². The number of aliphatic hydroxyl groups excluding tert-OH is 2. The number of phosphoric acid groups is 2. The number of rotatable bonds is 84. The summed E-state index contributed by atoms with van der Waals surface area (Å²) in [6.45, 7) is 10.4. The fourth-order valence-corrected chi connectivity index (χ4v) is 14.2. The lowest BCUT2D eigenvalue weighted by Crippen LogP contribution is -2.42. The van der Waals surface area contributed by atoms with Gasteiger partial charge in [0, 0.05) is 38.8 Å². The molecule has 111 heavy (non-hydrogen) atoms. The van der Waals surface area contributed by atoms with Crippen molar-refractivity contribution in [3.8, 4) is 0 Å². The van der Waals surface area contributed by atoms with Gasteiger partial charge in [0.1, 0.15) is 18.6 Å². The van der Waals surface area contributed by atoms with Gasteiger partial charge in [0.15, 0.2) is 0 Å². The number of hydrogen-bond donors (Lipinski definition) is 8. The Bertz CT molecular complexity index is 2240. The molecule has 0 fully saturated rings. The first-order valence-electron chi connectivity index (χ1n) is 44.3. The number of carbonyl (C=O) groups excluding carboxylic acids is 6. The number of amides is 4. The summed E-state index contributed by atoms with van der Waals surface area (Å²) in [6, 6.07) is -1.91. The van der Waals surface area contributed by atoms with Crippen molar-refractivity contribution in [2.24, 2.45) is 0 Å². The van der Waals surface area contributed by atoms with Crippen LogP contribution in [0.25, 0.3) is 0 Å². The van der Waals surface area contributed by atoms with Gasteiger partial charge in [0.2, 0.25) is 23.6 Å². The number of hydrogen-bond acceptors (Lipinski definition) is 18. The van der Waals surface area contributed by atoms with Crippen LogP contribution < -0.4 is 21.3 Å². The van der Waals surface area contributed by atoms with Crippen molar-refractivity contribution in [1.82, 2.24) is 21.3 Å². The summed E-state index contributed by atoms with van der Waals surface area (Å²) in [6.07, 6.45) is 53.6. The van der Waals surface area contributed by atoms with E-state index < -0.39 is 96.4 Å². The van der Waals surface area contributed by atoms with Gasteiger partial charge in [-0.2, -0.15) is 0 Å². The van der Waals surface area contributed by atoms with Gasteiger partial charge < -0.3 is 60.2 Å². The standard InChI is InChI=1S/C85H162N4O20P2/c1-7-13-19-25-29-33-37-43-47-53-76(90)67-82(94)88-74(70-102-63-59-78(55-49-41-23-17-11-5)108-84(96)57-51-45-39-35-31-27-21-15-9-3)72-106-110(98,99)104-65-61-86-80(92)69-81(93)87-62-66-105-111(100,101)107-73-75(89-83(95)68-77(91)54-48-44-38-34-30-26-20-14-8-2)71-103-64-60-79(56-50-42-24-18-12-6)109-85(97)58-52-46-40-36-32-28-22-16-10-4/h35-36,39-40,74-79,90-91H,7-34,37-38,41-73H2,1-6H3,(H,86,92)(H,87,93)(H,88,94)(H,89,95)(H,98,99)(H,100,101)/b39-35-,40-36-/t74?,75?,76-,77-,78-,79-/m1/s1. The summed E-state index contributed by atoms with van der Waals surface area (Å²) in [4.78, 5) is 99.6. The van der Waals surface area contributed by atoms with Crippen molar-refractivity contribution >= 4 is 51.2 Å². The molecule has 0 saturated carbocycles. The van der Waals surface area contributed by atoms with E-state index in [1.807, 2.05) is 0 Å². The quantitative estimate of drug-likeness (QED) is 0.00922. The number of phosphoric ester groups is 2. The van der Waals surface area contributed by atoms with Gasteiger partial charge in [-0.3, -0.25) is 46.9 Å². The second-order valence-corrected chi connectivity index (χ2v) is 33.2. The fraction of sp³-hybridized carbons (Fsp3) is 0.882. The number of nitrogens with one attached hydrogen (secondary N) is 4. The number of ether oxygens (including phenoxy) is 4. The van der Waals surface area contributed by atoms with Crippen molar-refractivity contribution in [1.29, 1.82) is 0 Å². The average molecular weight is 1620 g/mol. The molecule has 0 aromatic rings. The topological polar surface area (TPSA) is 339 Å². The predicted molar refractivity (Wildman–Crippen MR) is 444 cm³/mol. The summed E-state index contributed by atoms with van der Waals surface area (Å²) < 4.78 is 71.2. The highest BCUT2D eigenvalue weighted by Crippen LogP contribution is 2.44. The molecule has 8 atom stereocenters. The number of carbonyl (C=O) groups is 6. The van der Waals surface area contributed by atoms with Crippen LogP contribution in [0.15, 0.2) is 24.3 Å². The number of esters is 2. The SMILES string of the molecule is CCCCCC/C=C\CCCC(=O)O[C@H](CCCCCCC)CCOCC(COP(=O)(O)OCCNC(=O)CC(=O)NCCOP(=O)(O)OCC(COCC[C@@H](CCCCCCC)OC(=O)CCC/C=C\CCCCCC)NC(=O)C[C@H](O)CCCCCCCCCCC)NC(=O)C[C@H](O)CCCCCCCCCCC. The molecule has 8 N–H and O–H groups in total. The van der Waals surface area contributed by atoms with Crippen LogP contribution in [0, 0.1) is 0 Å². The van der Waals surface area contributed by atoms with Gasteiger partial charge in [-0.05, 0) is 89.9 Å². The molecule has 0 heterocycles. The van der Waals surface area contributed by atoms with Gasteiger partial charge in [-0.25, -0.2) is 9.13 Å². The molecule has 0 rings (SSSR count). The normalized spacial score (nSPS) is 14.5. The Hall–Kier alpha value is -3.64. The summed E-state index contributed by atoms with van der Waals surface area (Å²) in [5.74, 6) is -3.10. The first-order chi connectivity index (χ1) is 53.7. The Kier molecular flexibility index (Phi) is 75.0. The third kappa shape index (κ3) is 74.9. The molecule has 0 radical (unpaired) electrons. The summed E-state index contributed by atoms with van der Waals surface area (Å²) in [7, 11) is -9.62. The van der Waals surface area contributed by atoms with Crippen LogP contribution in [0.2, 0.25) is 0 Å². The molecule has 0 aromatic heterocycles. The minimum atomic E-state index is -4.81. The Labute approximate surface area is 672 Å². The Morgan fingerprint density at radius 2 is 0.622 bits per heavy atom. The second kappa shape index (κ2) is 77.6. The first kappa shape index (κ1) is 107. The van der Waals surface area contributed by atoms with Crippen molar-refractivity contribution in [2.45, 2.75) is 418 Å². The molecule has 0 aromatic carbocycles. The lowest BCUT2D eigenvalue weighted by Gasteiger charge is -2.22. The van der Waals surface area contributed by atoms with Crippen molar-refractivity contribution < 1.29 is 94.9 Å². The molecule has 652 valence electrons. The van der Waals surface area contributed by atoms with E-state index in [0.717, 1.165) is 154 Å². The highest BCUT2D eigenvalue weighted by molar-refractivity contribution is 7.47. The smallest absolute Gasteiger partial charge is 0.462 e. The first-order valence-corrected chi connectivity index (χ1v) is 47.3. The van der Waals surface area contributed by atoms with E-state index >= 15 is 0 Å². The lowest BCUT2D eigenvalue weighted by molar-refractivity contribution is -0.151. The van der Waals surface area contributed by atoms with Gasteiger partial charge in [0.05, 0.1) is 90.0 Å². The molecular weight excluding hydrogens is 1460 g/mol. The molecule has 0 spiro atoms. The minimum Gasteiger partial charge on any atom is -0.462 e. The van der Waals surface area contributed by atoms with Crippen molar-refractivity contribution in [3.63, 3.8) is 0 Å². The van der Waals surface area contributed by atoms with Gasteiger partial charge in [-0.1, -0.05) is 271 Å².